The second-order valence-corrected chi connectivity index (χ2v) is 4.77. The Morgan fingerprint density at radius 2 is 1.63 bits per heavy atom. The van der Waals surface area contributed by atoms with Crippen molar-refractivity contribution >= 4 is 5.69 Å². The van der Waals surface area contributed by atoms with Crippen molar-refractivity contribution in [2.24, 2.45) is 0 Å². The molecule has 3 nitrogen and oxygen atoms in total. The zero-order valence-corrected chi connectivity index (χ0v) is 11.2. The largest absolute Gasteiger partial charge is 0.381 e. The van der Waals surface area contributed by atoms with Crippen LogP contribution >= 0.6 is 0 Å². The summed E-state index contributed by atoms with van der Waals surface area (Å²) in [7, 11) is 0. The summed E-state index contributed by atoms with van der Waals surface area (Å²) >= 11 is 0. The van der Waals surface area contributed by atoms with Crippen molar-refractivity contribution in [1.29, 1.82) is 0 Å². The summed E-state index contributed by atoms with van der Waals surface area (Å²) in [5.41, 5.74) is 5.25. The Morgan fingerprint density at radius 1 is 0.947 bits per heavy atom. The lowest BCUT2D eigenvalue weighted by Crippen LogP contribution is -2.01. The minimum absolute atomic E-state index is 0.509. The van der Waals surface area contributed by atoms with Gasteiger partial charge in [-0.25, -0.2) is 0 Å². The van der Waals surface area contributed by atoms with E-state index in [9.17, 15) is 0 Å². The SMILES string of the molecule is Cc1ccc(NCc2ccc(C(O)O)cc2)cc1C. The average Bonchev–Trinajstić information content (AvgIpc) is 2.40. The third kappa shape index (κ3) is 3.56. The number of aliphatic hydroxyl groups excluding tert-OH is 1. The molecule has 2 aromatic carbocycles. The van der Waals surface area contributed by atoms with Crippen LogP contribution in [-0.2, 0) is 6.54 Å². The molecule has 0 fully saturated rings. The minimum atomic E-state index is -1.40. The van der Waals surface area contributed by atoms with Gasteiger partial charge in [0.25, 0.3) is 0 Å². The van der Waals surface area contributed by atoms with Crippen molar-refractivity contribution in [2.75, 3.05) is 5.32 Å². The number of anilines is 1. The molecule has 0 heterocycles. The van der Waals surface area contributed by atoms with Crippen LogP contribution in [0.25, 0.3) is 0 Å². The lowest BCUT2D eigenvalue weighted by atomic mass is 10.1. The first-order valence-corrected chi connectivity index (χ1v) is 6.32. The number of aliphatic hydroxyl groups is 2. The normalized spacial score (nSPS) is 10.8. The van der Waals surface area contributed by atoms with Gasteiger partial charge in [-0.15, -0.1) is 0 Å². The predicted octanol–water partition coefficient (Wildman–Crippen LogP) is 2.90. The molecule has 100 valence electrons. The molecular weight excluding hydrogens is 238 g/mol. The van der Waals surface area contributed by atoms with Crippen LogP contribution in [0.15, 0.2) is 42.5 Å². The van der Waals surface area contributed by atoms with Crippen LogP contribution in [0.1, 0.15) is 28.5 Å². The molecule has 0 spiro atoms. The van der Waals surface area contributed by atoms with Crippen molar-refractivity contribution in [2.45, 2.75) is 26.7 Å². The zero-order chi connectivity index (χ0) is 13.8. The fourth-order valence-electron chi connectivity index (χ4n) is 1.86. The number of nitrogens with one attached hydrogen (secondary N) is 1. The molecule has 0 atom stereocenters. The van der Waals surface area contributed by atoms with Gasteiger partial charge in [0.05, 0.1) is 0 Å². The lowest BCUT2D eigenvalue weighted by molar-refractivity contribution is -0.0424. The van der Waals surface area contributed by atoms with Gasteiger partial charge in [-0.1, -0.05) is 30.3 Å². The predicted molar refractivity (Wildman–Crippen MR) is 76.9 cm³/mol. The second kappa shape index (κ2) is 5.87. The molecule has 0 bridgehead atoms. The lowest BCUT2D eigenvalue weighted by Gasteiger charge is -2.10. The Bertz CT molecular complexity index is 547. The van der Waals surface area contributed by atoms with Crippen LogP contribution in [-0.4, -0.2) is 10.2 Å². The molecule has 0 amide bonds. The number of hydrogen-bond acceptors (Lipinski definition) is 3. The third-order valence-corrected chi connectivity index (χ3v) is 3.28. The van der Waals surface area contributed by atoms with Gasteiger partial charge in [-0.3, -0.25) is 0 Å². The van der Waals surface area contributed by atoms with Gasteiger partial charge in [-0.2, -0.15) is 0 Å². The third-order valence-electron chi connectivity index (χ3n) is 3.28. The van der Waals surface area contributed by atoms with Crippen LogP contribution < -0.4 is 5.32 Å². The molecule has 0 aromatic heterocycles. The fourth-order valence-corrected chi connectivity index (χ4v) is 1.86. The maximum absolute atomic E-state index is 9.02. The molecule has 0 unspecified atom stereocenters. The highest BCUT2D eigenvalue weighted by molar-refractivity contribution is 5.48. The van der Waals surface area contributed by atoms with E-state index >= 15 is 0 Å². The monoisotopic (exact) mass is 257 g/mol. The standard InChI is InChI=1S/C16H19NO2/c1-11-3-8-15(9-12(11)2)17-10-13-4-6-14(7-5-13)16(18)19/h3-9,16-19H,10H2,1-2H3. The van der Waals surface area contributed by atoms with Gasteiger partial charge in [0.15, 0.2) is 6.29 Å². The van der Waals surface area contributed by atoms with Crippen molar-refractivity contribution in [3.05, 3.63) is 64.7 Å². The minimum Gasteiger partial charge on any atom is -0.381 e. The molecule has 3 heteroatoms. The van der Waals surface area contributed by atoms with E-state index in [4.69, 9.17) is 10.2 Å². The number of rotatable bonds is 4. The highest BCUT2D eigenvalue weighted by Gasteiger charge is 2.02. The van der Waals surface area contributed by atoms with Gasteiger partial charge in [0.2, 0.25) is 0 Å². The van der Waals surface area contributed by atoms with Crippen LogP contribution in [0.2, 0.25) is 0 Å². The Balaban J connectivity index is 2.00. The highest BCUT2D eigenvalue weighted by Crippen LogP contribution is 2.16. The van der Waals surface area contributed by atoms with E-state index in [1.807, 2.05) is 12.1 Å². The summed E-state index contributed by atoms with van der Waals surface area (Å²) in [6.45, 7) is 4.90. The topological polar surface area (TPSA) is 52.5 Å². The van der Waals surface area contributed by atoms with E-state index in [2.05, 4.69) is 37.4 Å². The van der Waals surface area contributed by atoms with Gasteiger partial charge in [-0.05, 0) is 42.7 Å². The smallest absolute Gasteiger partial charge is 0.178 e. The first kappa shape index (κ1) is 13.6. The molecule has 19 heavy (non-hydrogen) atoms. The molecule has 3 N–H and O–H groups in total. The van der Waals surface area contributed by atoms with Gasteiger partial charge < -0.3 is 15.5 Å². The van der Waals surface area contributed by atoms with Gasteiger partial charge in [0, 0.05) is 17.8 Å². The Hall–Kier alpha value is -1.84. The van der Waals surface area contributed by atoms with Crippen LogP contribution in [0, 0.1) is 13.8 Å². The summed E-state index contributed by atoms with van der Waals surface area (Å²) in [6, 6.07) is 13.5. The number of benzene rings is 2. The fraction of sp³-hybridized carbons (Fsp3) is 0.250. The van der Waals surface area contributed by atoms with Crippen molar-refractivity contribution in [3.8, 4) is 0 Å². The molecule has 2 rings (SSSR count). The Labute approximate surface area is 113 Å². The maximum atomic E-state index is 9.02. The van der Waals surface area contributed by atoms with Crippen LogP contribution in [0.4, 0.5) is 5.69 Å². The molecule has 0 aliphatic heterocycles. The quantitative estimate of drug-likeness (QED) is 0.738. The molecule has 2 aromatic rings. The van der Waals surface area contributed by atoms with Crippen molar-refractivity contribution in [3.63, 3.8) is 0 Å². The number of aryl methyl sites for hydroxylation is 2. The maximum Gasteiger partial charge on any atom is 0.178 e. The summed E-state index contributed by atoms with van der Waals surface area (Å²) in [5, 5.41) is 21.4. The highest BCUT2D eigenvalue weighted by atomic mass is 16.5. The van der Waals surface area contributed by atoms with Crippen molar-refractivity contribution < 1.29 is 10.2 Å². The molecule has 0 radical (unpaired) electrons. The summed E-state index contributed by atoms with van der Waals surface area (Å²) < 4.78 is 0. The zero-order valence-electron chi connectivity index (χ0n) is 11.2. The molecule has 0 aliphatic rings. The number of hydrogen-bond donors (Lipinski definition) is 3. The Morgan fingerprint density at radius 3 is 2.21 bits per heavy atom. The summed E-state index contributed by atoms with van der Waals surface area (Å²) in [5.74, 6) is 0. The second-order valence-electron chi connectivity index (χ2n) is 4.77. The van der Waals surface area contributed by atoms with E-state index in [0.717, 1.165) is 11.3 Å². The van der Waals surface area contributed by atoms with Crippen molar-refractivity contribution in [1.82, 2.24) is 0 Å². The summed E-state index contributed by atoms with van der Waals surface area (Å²) in [4.78, 5) is 0. The molecular formula is C16H19NO2. The Kier molecular flexibility index (Phi) is 4.20. The molecule has 0 aliphatic carbocycles. The van der Waals surface area contributed by atoms with E-state index < -0.39 is 6.29 Å². The molecule has 0 saturated heterocycles. The van der Waals surface area contributed by atoms with Gasteiger partial charge in [0.1, 0.15) is 0 Å². The van der Waals surface area contributed by atoms with Crippen LogP contribution in [0.3, 0.4) is 0 Å². The van der Waals surface area contributed by atoms with E-state index in [1.54, 1.807) is 12.1 Å². The van der Waals surface area contributed by atoms with Crippen LogP contribution in [0.5, 0.6) is 0 Å². The average molecular weight is 257 g/mol. The van der Waals surface area contributed by atoms with E-state index in [1.165, 1.54) is 11.1 Å². The molecule has 0 saturated carbocycles. The van der Waals surface area contributed by atoms with E-state index in [0.29, 0.717) is 12.1 Å². The first-order chi connectivity index (χ1) is 9.06. The summed E-state index contributed by atoms with van der Waals surface area (Å²) in [6.07, 6.45) is -1.40. The first-order valence-electron chi connectivity index (χ1n) is 6.32. The van der Waals surface area contributed by atoms with Gasteiger partial charge >= 0.3 is 0 Å². The van der Waals surface area contributed by atoms with E-state index in [-0.39, 0.29) is 0 Å².